The maximum atomic E-state index is 12.9. The Morgan fingerprint density at radius 2 is 1.77 bits per heavy atom. The van der Waals surface area contributed by atoms with E-state index in [-0.39, 0.29) is 10.7 Å². The molecule has 0 spiro atoms. The predicted octanol–water partition coefficient (Wildman–Crippen LogP) is 3.18. The number of sulfonamides is 1. The van der Waals surface area contributed by atoms with Gasteiger partial charge < -0.3 is 4.74 Å². The van der Waals surface area contributed by atoms with Gasteiger partial charge in [-0.1, -0.05) is 12.1 Å². The monoisotopic (exact) mass is 323 g/mol. The minimum absolute atomic E-state index is 0.166. The van der Waals surface area contributed by atoms with E-state index in [1.165, 1.54) is 25.3 Å². The molecule has 0 heterocycles. The molecule has 0 amide bonds. The van der Waals surface area contributed by atoms with Crippen molar-refractivity contribution in [3.8, 4) is 5.75 Å². The normalized spacial score (nSPS) is 12.9. The van der Waals surface area contributed by atoms with E-state index in [0.29, 0.717) is 11.3 Å². The average molecular weight is 323 g/mol. The van der Waals surface area contributed by atoms with Crippen molar-refractivity contribution in [1.29, 1.82) is 0 Å². The first-order chi connectivity index (χ1) is 10.3. The van der Waals surface area contributed by atoms with E-state index >= 15 is 0 Å². The van der Waals surface area contributed by atoms with Gasteiger partial charge in [0.25, 0.3) is 0 Å². The van der Waals surface area contributed by atoms with Crippen molar-refractivity contribution >= 4 is 10.0 Å². The number of hydrogen-bond donors (Lipinski definition) is 1. The fourth-order valence-electron chi connectivity index (χ4n) is 2.14. The van der Waals surface area contributed by atoms with Crippen molar-refractivity contribution in [3.63, 3.8) is 0 Å². The van der Waals surface area contributed by atoms with Gasteiger partial charge in [0.05, 0.1) is 12.0 Å². The molecule has 0 bridgehead atoms. The molecule has 2 aromatic rings. The van der Waals surface area contributed by atoms with E-state index in [1.54, 1.807) is 38.1 Å². The van der Waals surface area contributed by atoms with Gasteiger partial charge in [-0.15, -0.1) is 0 Å². The Labute approximate surface area is 130 Å². The SMILES string of the molecule is COc1ccc(S(=O)(=O)N[C@@H](C)c2ccc(F)cc2)cc1C. The molecule has 0 unspecified atom stereocenters. The van der Waals surface area contributed by atoms with Crippen LogP contribution in [0.4, 0.5) is 4.39 Å². The van der Waals surface area contributed by atoms with Gasteiger partial charge in [0, 0.05) is 6.04 Å². The van der Waals surface area contributed by atoms with E-state index in [1.807, 2.05) is 0 Å². The number of ether oxygens (including phenoxy) is 1. The van der Waals surface area contributed by atoms with E-state index in [2.05, 4.69) is 4.72 Å². The van der Waals surface area contributed by atoms with Gasteiger partial charge in [-0.2, -0.15) is 0 Å². The molecule has 0 saturated carbocycles. The lowest BCUT2D eigenvalue weighted by atomic mass is 10.1. The van der Waals surface area contributed by atoms with E-state index in [0.717, 1.165) is 5.56 Å². The van der Waals surface area contributed by atoms with Crippen molar-refractivity contribution in [2.45, 2.75) is 24.8 Å². The van der Waals surface area contributed by atoms with Crippen LogP contribution in [0.5, 0.6) is 5.75 Å². The molecule has 4 nitrogen and oxygen atoms in total. The summed E-state index contributed by atoms with van der Waals surface area (Å²) < 4.78 is 45.4. The Hall–Kier alpha value is -1.92. The van der Waals surface area contributed by atoms with Crippen LogP contribution in [0.15, 0.2) is 47.4 Å². The molecular formula is C16H18FNO3S. The summed E-state index contributed by atoms with van der Waals surface area (Å²) in [6.07, 6.45) is 0. The molecule has 0 aromatic heterocycles. The van der Waals surface area contributed by atoms with Gasteiger partial charge in [0.1, 0.15) is 11.6 Å². The molecule has 2 rings (SSSR count). The highest BCUT2D eigenvalue weighted by molar-refractivity contribution is 7.89. The number of benzene rings is 2. The van der Waals surface area contributed by atoms with Crippen molar-refractivity contribution in [2.75, 3.05) is 7.11 Å². The molecule has 118 valence electrons. The quantitative estimate of drug-likeness (QED) is 0.919. The van der Waals surface area contributed by atoms with Crippen molar-refractivity contribution in [1.82, 2.24) is 4.72 Å². The number of hydrogen-bond acceptors (Lipinski definition) is 3. The first-order valence-corrected chi connectivity index (χ1v) is 8.24. The van der Waals surface area contributed by atoms with Crippen LogP contribution < -0.4 is 9.46 Å². The highest BCUT2D eigenvalue weighted by atomic mass is 32.2. The lowest BCUT2D eigenvalue weighted by Crippen LogP contribution is -2.27. The number of methoxy groups -OCH3 is 1. The second-order valence-electron chi connectivity index (χ2n) is 5.03. The topological polar surface area (TPSA) is 55.4 Å². The Bertz CT molecular complexity index is 757. The van der Waals surface area contributed by atoms with Gasteiger partial charge in [0.2, 0.25) is 10.0 Å². The molecule has 0 aliphatic heterocycles. The summed E-state index contributed by atoms with van der Waals surface area (Å²) >= 11 is 0. The lowest BCUT2D eigenvalue weighted by molar-refractivity contribution is 0.411. The molecule has 0 aliphatic carbocycles. The van der Waals surface area contributed by atoms with Gasteiger partial charge in [-0.25, -0.2) is 17.5 Å². The van der Waals surface area contributed by atoms with Gasteiger partial charge in [0.15, 0.2) is 0 Å². The summed E-state index contributed by atoms with van der Waals surface area (Å²) in [4.78, 5) is 0.166. The fourth-order valence-corrected chi connectivity index (χ4v) is 3.46. The number of nitrogens with one attached hydrogen (secondary N) is 1. The third-order valence-electron chi connectivity index (χ3n) is 3.38. The predicted molar refractivity (Wildman–Crippen MR) is 82.9 cm³/mol. The van der Waals surface area contributed by atoms with E-state index in [9.17, 15) is 12.8 Å². The highest BCUT2D eigenvalue weighted by Gasteiger charge is 2.19. The minimum Gasteiger partial charge on any atom is -0.496 e. The number of aryl methyl sites for hydroxylation is 1. The first kappa shape index (κ1) is 16.5. The van der Waals surface area contributed by atoms with Crippen LogP contribution in [0.1, 0.15) is 24.1 Å². The first-order valence-electron chi connectivity index (χ1n) is 6.76. The third kappa shape index (κ3) is 3.64. The van der Waals surface area contributed by atoms with Crippen molar-refractivity contribution in [2.24, 2.45) is 0 Å². The summed E-state index contributed by atoms with van der Waals surface area (Å²) in [5, 5.41) is 0. The fraction of sp³-hybridized carbons (Fsp3) is 0.250. The minimum atomic E-state index is -3.66. The second kappa shape index (κ2) is 6.46. The van der Waals surface area contributed by atoms with Crippen LogP contribution in [0.25, 0.3) is 0 Å². The Balaban J connectivity index is 2.23. The molecule has 1 N–H and O–H groups in total. The van der Waals surface area contributed by atoms with Crippen LogP contribution >= 0.6 is 0 Å². The molecule has 1 atom stereocenters. The van der Waals surface area contributed by atoms with Gasteiger partial charge in [-0.3, -0.25) is 0 Å². The Morgan fingerprint density at radius 1 is 1.14 bits per heavy atom. The van der Waals surface area contributed by atoms with Crippen molar-refractivity contribution < 1.29 is 17.5 Å². The van der Waals surface area contributed by atoms with E-state index in [4.69, 9.17) is 4.74 Å². The maximum absolute atomic E-state index is 12.9. The summed E-state index contributed by atoms with van der Waals surface area (Å²) in [6.45, 7) is 3.49. The van der Waals surface area contributed by atoms with E-state index < -0.39 is 16.1 Å². The number of rotatable bonds is 5. The zero-order chi connectivity index (χ0) is 16.3. The molecule has 0 fully saturated rings. The summed E-state index contributed by atoms with van der Waals surface area (Å²) in [7, 11) is -2.13. The summed E-state index contributed by atoms with van der Waals surface area (Å²) in [6, 6.07) is 9.92. The van der Waals surface area contributed by atoms with Crippen LogP contribution in [0, 0.1) is 12.7 Å². The largest absolute Gasteiger partial charge is 0.496 e. The molecule has 2 aromatic carbocycles. The maximum Gasteiger partial charge on any atom is 0.241 e. The molecule has 6 heteroatoms. The standard InChI is InChI=1S/C16H18FNO3S/c1-11-10-15(8-9-16(11)21-3)22(19,20)18-12(2)13-4-6-14(17)7-5-13/h4-10,12,18H,1-3H3/t12-/m0/s1. The molecule has 0 saturated heterocycles. The van der Waals surface area contributed by atoms with Crippen LogP contribution in [0.2, 0.25) is 0 Å². The summed E-state index contributed by atoms with van der Waals surface area (Å²) in [5.41, 5.74) is 1.43. The number of halogens is 1. The molecular weight excluding hydrogens is 305 g/mol. The molecule has 0 radical (unpaired) electrons. The van der Waals surface area contributed by atoms with Crippen molar-refractivity contribution in [3.05, 3.63) is 59.4 Å². The van der Waals surface area contributed by atoms with Gasteiger partial charge in [-0.05, 0) is 55.3 Å². The average Bonchev–Trinajstić information content (AvgIpc) is 2.47. The zero-order valence-corrected chi connectivity index (χ0v) is 13.4. The third-order valence-corrected chi connectivity index (χ3v) is 4.92. The van der Waals surface area contributed by atoms with Crippen LogP contribution in [-0.2, 0) is 10.0 Å². The highest BCUT2D eigenvalue weighted by Crippen LogP contribution is 2.23. The Morgan fingerprint density at radius 3 is 2.32 bits per heavy atom. The summed E-state index contributed by atoms with van der Waals surface area (Å²) in [5.74, 6) is 0.273. The Kier molecular flexibility index (Phi) is 4.83. The molecule has 22 heavy (non-hydrogen) atoms. The van der Waals surface area contributed by atoms with Crippen LogP contribution in [0.3, 0.4) is 0 Å². The second-order valence-corrected chi connectivity index (χ2v) is 6.74. The van der Waals surface area contributed by atoms with Crippen LogP contribution in [-0.4, -0.2) is 15.5 Å². The van der Waals surface area contributed by atoms with Gasteiger partial charge >= 0.3 is 0 Å². The smallest absolute Gasteiger partial charge is 0.241 e. The zero-order valence-electron chi connectivity index (χ0n) is 12.6. The molecule has 0 aliphatic rings. The lowest BCUT2D eigenvalue weighted by Gasteiger charge is -2.15.